The highest BCUT2D eigenvalue weighted by molar-refractivity contribution is 5.63. The van der Waals surface area contributed by atoms with Crippen LogP contribution in [0.2, 0.25) is 0 Å². The summed E-state index contributed by atoms with van der Waals surface area (Å²) >= 11 is 0. The summed E-state index contributed by atoms with van der Waals surface area (Å²) in [7, 11) is 0. The predicted octanol–water partition coefficient (Wildman–Crippen LogP) is 3.88. The first-order valence-corrected chi connectivity index (χ1v) is 7.47. The molecule has 106 valence electrons. The minimum atomic E-state index is 0.795. The average Bonchev–Trinajstić information content (AvgIpc) is 2.81. The zero-order valence-electron chi connectivity index (χ0n) is 12.3. The van der Waals surface area contributed by atoms with Gasteiger partial charge in [-0.2, -0.15) is 0 Å². The highest BCUT2D eigenvalue weighted by Gasteiger charge is 2.21. The number of nitrogens with zero attached hydrogens (tertiary/aromatic N) is 2. The maximum absolute atomic E-state index is 5.44. The fourth-order valence-electron chi connectivity index (χ4n) is 3.05. The summed E-state index contributed by atoms with van der Waals surface area (Å²) in [5, 5.41) is 4.27. The Balaban J connectivity index is 1.84. The first kappa shape index (κ1) is 13.4. The second kappa shape index (κ2) is 5.80. The van der Waals surface area contributed by atoms with Crippen LogP contribution in [0.5, 0.6) is 0 Å². The molecule has 0 bridgehead atoms. The van der Waals surface area contributed by atoms with Crippen molar-refractivity contribution in [2.45, 2.75) is 33.2 Å². The monoisotopic (exact) mass is 270 g/mol. The number of hydrogen-bond donors (Lipinski definition) is 0. The molecule has 0 N–H and O–H groups in total. The molecule has 20 heavy (non-hydrogen) atoms. The van der Waals surface area contributed by atoms with Crippen molar-refractivity contribution in [2.75, 3.05) is 13.1 Å². The predicted molar refractivity (Wildman–Crippen MR) is 80.4 cm³/mol. The molecule has 0 aliphatic carbocycles. The van der Waals surface area contributed by atoms with Gasteiger partial charge in [-0.25, -0.2) is 0 Å². The molecule has 0 amide bonds. The van der Waals surface area contributed by atoms with Gasteiger partial charge in [0, 0.05) is 24.2 Å². The minimum absolute atomic E-state index is 0.795. The van der Waals surface area contributed by atoms with Gasteiger partial charge in [0.15, 0.2) is 0 Å². The third-order valence-corrected chi connectivity index (χ3v) is 4.15. The fourth-order valence-corrected chi connectivity index (χ4v) is 3.05. The van der Waals surface area contributed by atoms with Gasteiger partial charge in [-0.05, 0) is 32.2 Å². The molecule has 1 aromatic carbocycles. The molecule has 3 rings (SSSR count). The number of benzene rings is 1. The summed E-state index contributed by atoms with van der Waals surface area (Å²) in [4.78, 5) is 2.53. The van der Waals surface area contributed by atoms with E-state index in [9.17, 15) is 0 Å². The van der Waals surface area contributed by atoms with Gasteiger partial charge in [0.1, 0.15) is 11.5 Å². The number of rotatable bonds is 3. The highest BCUT2D eigenvalue weighted by atomic mass is 16.5. The van der Waals surface area contributed by atoms with Crippen LogP contribution in [-0.4, -0.2) is 23.1 Å². The molecular weight excluding hydrogens is 248 g/mol. The largest absolute Gasteiger partial charge is 0.361 e. The van der Waals surface area contributed by atoms with E-state index in [-0.39, 0.29) is 0 Å². The third-order valence-electron chi connectivity index (χ3n) is 4.15. The van der Waals surface area contributed by atoms with E-state index in [1.807, 2.05) is 25.1 Å². The van der Waals surface area contributed by atoms with Crippen LogP contribution in [0.25, 0.3) is 11.3 Å². The molecule has 0 unspecified atom stereocenters. The van der Waals surface area contributed by atoms with Crippen LogP contribution >= 0.6 is 0 Å². The zero-order chi connectivity index (χ0) is 13.9. The summed E-state index contributed by atoms with van der Waals surface area (Å²) < 4.78 is 5.44. The Labute approximate surface area is 120 Å². The van der Waals surface area contributed by atoms with E-state index in [4.69, 9.17) is 4.52 Å². The molecule has 1 aliphatic heterocycles. The van der Waals surface area contributed by atoms with Crippen LogP contribution in [0.1, 0.15) is 31.1 Å². The van der Waals surface area contributed by atoms with E-state index < -0.39 is 0 Å². The van der Waals surface area contributed by atoms with Crippen LogP contribution in [0, 0.1) is 12.8 Å². The maximum Gasteiger partial charge on any atom is 0.138 e. The van der Waals surface area contributed by atoms with Crippen LogP contribution in [0.3, 0.4) is 0 Å². The highest BCUT2D eigenvalue weighted by Crippen LogP contribution is 2.27. The van der Waals surface area contributed by atoms with E-state index in [2.05, 4.69) is 29.1 Å². The van der Waals surface area contributed by atoms with Crippen LogP contribution in [0.15, 0.2) is 34.9 Å². The molecule has 0 spiro atoms. The Hall–Kier alpha value is -1.61. The summed E-state index contributed by atoms with van der Waals surface area (Å²) in [6.45, 7) is 7.67. The lowest BCUT2D eigenvalue weighted by Gasteiger charge is -2.30. The van der Waals surface area contributed by atoms with E-state index in [1.165, 1.54) is 31.5 Å². The molecule has 1 saturated heterocycles. The number of aryl methyl sites for hydroxylation is 1. The van der Waals surface area contributed by atoms with Crippen molar-refractivity contribution in [1.82, 2.24) is 10.1 Å². The summed E-state index contributed by atoms with van der Waals surface area (Å²) in [6.07, 6.45) is 2.65. The normalized spacial score (nSPS) is 20.2. The van der Waals surface area contributed by atoms with Crippen molar-refractivity contribution in [3.05, 3.63) is 41.7 Å². The zero-order valence-corrected chi connectivity index (χ0v) is 12.3. The van der Waals surface area contributed by atoms with Crippen LogP contribution in [0.4, 0.5) is 0 Å². The Morgan fingerprint density at radius 1 is 1.30 bits per heavy atom. The lowest BCUT2D eigenvalue weighted by atomic mass is 9.99. The summed E-state index contributed by atoms with van der Waals surface area (Å²) in [5.41, 5.74) is 3.39. The SMILES string of the molecule is Cc1onc(-c2ccccc2)c1CN1CCC[C@@H](C)C1. The van der Waals surface area contributed by atoms with Crippen LogP contribution in [-0.2, 0) is 6.54 Å². The van der Waals surface area contributed by atoms with E-state index in [0.29, 0.717) is 0 Å². The van der Waals surface area contributed by atoms with Crippen molar-refractivity contribution in [1.29, 1.82) is 0 Å². The van der Waals surface area contributed by atoms with Gasteiger partial charge in [0.05, 0.1) is 0 Å². The van der Waals surface area contributed by atoms with Crippen molar-refractivity contribution in [3.8, 4) is 11.3 Å². The summed E-state index contributed by atoms with van der Waals surface area (Å²) in [6, 6.07) is 10.3. The number of piperidine rings is 1. The topological polar surface area (TPSA) is 29.3 Å². The molecule has 0 radical (unpaired) electrons. The van der Waals surface area contributed by atoms with Crippen molar-refractivity contribution in [2.24, 2.45) is 5.92 Å². The standard InChI is InChI=1S/C17H22N2O/c1-13-7-6-10-19(11-13)12-16-14(2)20-18-17(16)15-8-4-3-5-9-15/h3-5,8-9,13H,6-7,10-12H2,1-2H3/t13-/m1/s1. The molecular formula is C17H22N2O. The molecule has 3 nitrogen and oxygen atoms in total. The van der Waals surface area contributed by atoms with Gasteiger partial charge in [-0.15, -0.1) is 0 Å². The second-order valence-electron chi connectivity index (χ2n) is 5.91. The summed E-state index contributed by atoms with van der Waals surface area (Å²) in [5.74, 6) is 1.74. The lowest BCUT2D eigenvalue weighted by Crippen LogP contribution is -2.33. The van der Waals surface area contributed by atoms with E-state index in [0.717, 1.165) is 29.5 Å². The van der Waals surface area contributed by atoms with E-state index >= 15 is 0 Å². The van der Waals surface area contributed by atoms with Gasteiger partial charge < -0.3 is 4.52 Å². The first-order valence-electron chi connectivity index (χ1n) is 7.47. The molecule has 2 heterocycles. The number of likely N-dealkylation sites (tertiary alicyclic amines) is 1. The average molecular weight is 270 g/mol. The molecule has 0 saturated carbocycles. The third kappa shape index (κ3) is 2.78. The Morgan fingerprint density at radius 3 is 2.85 bits per heavy atom. The maximum atomic E-state index is 5.44. The van der Waals surface area contributed by atoms with Gasteiger partial charge >= 0.3 is 0 Å². The van der Waals surface area contributed by atoms with Gasteiger partial charge in [-0.3, -0.25) is 4.90 Å². The van der Waals surface area contributed by atoms with E-state index in [1.54, 1.807) is 0 Å². The second-order valence-corrected chi connectivity index (χ2v) is 5.91. The lowest BCUT2D eigenvalue weighted by molar-refractivity contribution is 0.176. The Kier molecular flexibility index (Phi) is 3.88. The Bertz CT molecular complexity index is 562. The minimum Gasteiger partial charge on any atom is -0.361 e. The fraction of sp³-hybridized carbons (Fsp3) is 0.471. The smallest absolute Gasteiger partial charge is 0.138 e. The quantitative estimate of drug-likeness (QED) is 0.847. The van der Waals surface area contributed by atoms with Gasteiger partial charge in [-0.1, -0.05) is 42.4 Å². The van der Waals surface area contributed by atoms with Gasteiger partial charge in [0.25, 0.3) is 0 Å². The molecule has 3 heteroatoms. The number of hydrogen-bond acceptors (Lipinski definition) is 3. The van der Waals surface area contributed by atoms with Gasteiger partial charge in [0.2, 0.25) is 0 Å². The van der Waals surface area contributed by atoms with Crippen LogP contribution < -0.4 is 0 Å². The van der Waals surface area contributed by atoms with Crippen molar-refractivity contribution < 1.29 is 4.52 Å². The molecule has 1 fully saturated rings. The van der Waals surface area contributed by atoms with Crippen molar-refractivity contribution >= 4 is 0 Å². The number of aromatic nitrogens is 1. The molecule has 2 aromatic rings. The molecule has 1 aliphatic rings. The van der Waals surface area contributed by atoms with Crippen molar-refractivity contribution in [3.63, 3.8) is 0 Å². The molecule has 1 atom stereocenters. The Morgan fingerprint density at radius 2 is 2.10 bits per heavy atom. The molecule has 1 aromatic heterocycles. The first-order chi connectivity index (χ1) is 9.74.